The van der Waals surface area contributed by atoms with Crippen LogP contribution in [-0.4, -0.2) is 25.3 Å². The summed E-state index contributed by atoms with van der Waals surface area (Å²) < 4.78 is 28.1. The number of hydrogen-bond acceptors (Lipinski definition) is 3. The van der Waals surface area contributed by atoms with E-state index in [0.29, 0.717) is 10.1 Å². The topological polar surface area (TPSA) is 37.4 Å². The first-order valence-electron chi connectivity index (χ1n) is 5.84. The molecule has 6 heteroatoms. The molecular formula is C11H14BrNO2S2. The Morgan fingerprint density at radius 1 is 1.29 bits per heavy atom. The molecule has 0 aliphatic heterocycles. The van der Waals surface area contributed by atoms with E-state index < -0.39 is 10.0 Å². The second kappa shape index (κ2) is 4.33. The van der Waals surface area contributed by atoms with Crippen LogP contribution in [0, 0.1) is 5.92 Å². The van der Waals surface area contributed by atoms with Crippen LogP contribution in [0.25, 0.3) is 0 Å². The monoisotopic (exact) mass is 335 g/mol. The lowest BCUT2D eigenvalue weighted by Gasteiger charge is -2.20. The van der Waals surface area contributed by atoms with Crippen molar-refractivity contribution in [3.8, 4) is 0 Å². The molecule has 3 rings (SSSR count). The molecule has 0 saturated heterocycles. The second-order valence-corrected chi connectivity index (χ2v) is 9.39. The molecule has 1 aromatic heterocycles. The molecule has 0 unspecified atom stereocenters. The van der Waals surface area contributed by atoms with Gasteiger partial charge in [-0.15, -0.1) is 11.3 Å². The number of halogens is 1. The van der Waals surface area contributed by atoms with E-state index in [2.05, 4.69) is 15.9 Å². The van der Waals surface area contributed by atoms with Gasteiger partial charge in [-0.05, 0) is 59.7 Å². The molecule has 17 heavy (non-hydrogen) atoms. The third-order valence-corrected chi connectivity index (χ3v) is 7.21. The molecule has 0 spiro atoms. The van der Waals surface area contributed by atoms with Crippen molar-refractivity contribution in [1.82, 2.24) is 4.31 Å². The highest BCUT2D eigenvalue weighted by Crippen LogP contribution is 2.39. The Labute approximate surface area is 114 Å². The molecule has 2 fully saturated rings. The maximum absolute atomic E-state index is 12.5. The zero-order valence-corrected chi connectivity index (χ0v) is 12.5. The summed E-state index contributed by atoms with van der Waals surface area (Å²) in [4.78, 5) is 0. The summed E-state index contributed by atoms with van der Waals surface area (Å²) in [6.07, 6.45) is 4.43. The molecule has 3 nitrogen and oxygen atoms in total. The van der Waals surface area contributed by atoms with Gasteiger partial charge in [0.25, 0.3) is 10.0 Å². The molecule has 0 bridgehead atoms. The second-order valence-electron chi connectivity index (χ2n) is 4.81. The van der Waals surface area contributed by atoms with Crippen LogP contribution in [0.1, 0.15) is 25.7 Å². The Kier molecular flexibility index (Phi) is 3.09. The van der Waals surface area contributed by atoms with E-state index in [1.807, 2.05) is 0 Å². The van der Waals surface area contributed by atoms with Crippen LogP contribution in [0.5, 0.6) is 0 Å². The molecule has 0 atom stereocenters. The van der Waals surface area contributed by atoms with Crippen molar-refractivity contribution < 1.29 is 8.42 Å². The van der Waals surface area contributed by atoms with Crippen LogP contribution in [0.3, 0.4) is 0 Å². The Bertz CT molecular complexity index is 517. The fourth-order valence-corrected chi connectivity index (χ4v) is 5.81. The molecule has 2 saturated carbocycles. The lowest BCUT2D eigenvalue weighted by Crippen LogP contribution is -2.34. The van der Waals surface area contributed by atoms with Gasteiger partial charge in [-0.1, -0.05) is 0 Å². The van der Waals surface area contributed by atoms with Gasteiger partial charge in [0.05, 0.1) is 3.79 Å². The van der Waals surface area contributed by atoms with Crippen molar-refractivity contribution in [3.63, 3.8) is 0 Å². The first-order valence-corrected chi connectivity index (χ1v) is 8.89. The molecule has 0 N–H and O–H groups in total. The largest absolute Gasteiger partial charge is 0.252 e. The van der Waals surface area contributed by atoms with Crippen molar-refractivity contribution in [2.75, 3.05) is 6.54 Å². The molecule has 0 amide bonds. The lowest BCUT2D eigenvalue weighted by molar-refractivity contribution is 0.390. The van der Waals surface area contributed by atoms with Gasteiger partial charge in [-0.2, -0.15) is 4.31 Å². The van der Waals surface area contributed by atoms with Gasteiger partial charge >= 0.3 is 0 Å². The van der Waals surface area contributed by atoms with Gasteiger partial charge in [0, 0.05) is 12.6 Å². The van der Waals surface area contributed by atoms with Crippen LogP contribution < -0.4 is 0 Å². The highest BCUT2D eigenvalue weighted by molar-refractivity contribution is 9.11. The summed E-state index contributed by atoms with van der Waals surface area (Å²) in [5.41, 5.74) is 0. The Hall–Kier alpha value is 0.0900. The van der Waals surface area contributed by atoms with Gasteiger partial charge in [0.15, 0.2) is 0 Å². The van der Waals surface area contributed by atoms with E-state index in [9.17, 15) is 8.42 Å². The minimum Gasteiger partial charge on any atom is -0.206 e. The number of sulfonamides is 1. The first kappa shape index (κ1) is 12.1. The standard InChI is InChI=1S/C11H14BrNO2S2/c12-10-5-6-11(16-10)17(14,15)13(9-3-4-9)7-8-1-2-8/h5-6,8-9H,1-4,7H2. The summed E-state index contributed by atoms with van der Waals surface area (Å²) in [6, 6.07) is 3.77. The van der Waals surface area contributed by atoms with Crippen molar-refractivity contribution >= 4 is 37.3 Å². The van der Waals surface area contributed by atoms with Gasteiger partial charge in [0.1, 0.15) is 4.21 Å². The minimum absolute atomic E-state index is 0.265. The SMILES string of the molecule is O=S(=O)(c1ccc(Br)s1)N(CC1CC1)C1CC1. The van der Waals surface area contributed by atoms with Gasteiger partial charge in [-0.25, -0.2) is 8.42 Å². The van der Waals surface area contributed by atoms with E-state index in [4.69, 9.17) is 0 Å². The quantitative estimate of drug-likeness (QED) is 0.829. The Morgan fingerprint density at radius 2 is 2.00 bits per heavy atom. The summed E-state index contributed by atoms with van der Waals surface area (Å²) in [6.45, 7) is 0.725. The highest BCUT2D eigenvalue weighted by Gasteiger charge is 2.41. The van der Waals surface area contributed by atoms with Crippen molar-refractivity contribution in [3.05, 3.63) is 15.9 Å². The van der Waals surface area contributed by atoms with E-state index in [1.165, 1.54) is 24.2 Å². The molecular weight excluding hydrogens is 322 g/mol. The first-order chi connectivity index (χ1) is 8.07. The van der Waals surface area contributed by atoms with Crippen molar-refractivity contribution in [2.45, 2.75) is 35.9 Å². The predicted molar refractivity (Wildman–Crippen MR) is 71.7 cm³/mol. The fraction of sp³-hybridized carbons (Fsp3) is 0.636. The maximum atomic E-state index is 12.5. The van der Waals surface area contributed by atoms with Crippen molar-refractivity contribution in [1.29, 1.82) is 0 Å². The van der Waals surface area contributed by atoms with Crippen molar-refractivity contribution in [2.24, 2.45) is 5.92 Å². The molecule has 2 aliphatic carbocycles. The maximum Gasteiger partial charge on any atom is 0.252 e. The van der Waals surface area contributed by atoms with E-state index in [-0.39, 0.29) is 6.04 Å². The van der Waals surface area contributed by atoms with E-state index >= 15 is 0 Å². The minimum atomic E-state index is -3.25. The van der Waals surface area contributed by atoms with Crippen LogP contribution in [0.15, 0.2) is 20.1 Å². The molecule has 1 aromatic rings. The molecule has 94 valence electrons. The van der Waals surface area contributed by atoms with E-state index in [0.717, 1.165) is 23.2 Å². The van der Waals surface area contributed by atoms with Crippen LogP contribution in [0.4, 0.5) is 0 Å². The summed E-state index contributed by atoms with van der Waals surface area (Å²) in [7, 11) is -3.25. The smallest absolute Gasteiger partial charge is 0.206 e. The number of nitrogens with zero attached hydrogens (tertiary/aromatic N) is 1. The number of hydrogen-bond donors (Lipinski definition) is 0. The van der Waals surface area contributed by atoms with Crippen LogP contribution in [-0.2, 0) is 10.0 Å². The Morgan fingerprint density at radius 3 is 2.47 bits per heavy atom. The summed E-state index contributed by atoms with van der Waals surface area (Å²) in [5.74, 6) is 0.605. The third kappa shape index (κ3) is 2.59. The highest BCUT2D eigenvalue weighted by atomic mass is 79.9. The van der Waals surface area contributed by atoms with Gasteiger partial charge in [-0.3, -0.25) is 0 Å². The average Bonchev–Trinajstić information content (AvgIpc) is 3.16. The average molecular weight is 336 g/mol. The van der Waals surface area contributed by atoms with Crippen LogP contribution >= 0.6 is 27.3 Å². The molecule has 0 radical (unpaired) electrons. The summed E-state index contributed by atoms with van der Waals surface area (Å²) in [5, 5.41) is 0. The van der Waals surface area contributed by atoms with E-state index in [1.54, 1.807) is 16.4 Å². The zero-order valence-electron chi connectivity index (χ0n) is 9.30. The Balaban J connectivity index is 1.87. The zero-order chi connectivity index (χ0) is 12.0. The molecule has 0 aromatic carbocycles. The molecule has 2 aliphatic rings. The summed E-state index contributed by atoms with van der Waals surface area (Å²) >= 11 is 4.63. The predicted octanol–water partition coefficient (Wildman–Crippen LogP) is 3.07. The normalized spacial score (nSPS) is 21.1. The third-order valence-electron chi connectivity index (χ3n) is 3.20. The van der Waals surface area contributed by atoms with Gasteiger partial charge in [0.2, 0.25) is 0 Å². The number of rotatable bonds is 5. The molecule has 1 heterocycles. The fourth-order valence-electron chi connectivity index (χ4n) is 1.91. The van der Waals surface area contributed by atoms with Crippen LogP contribution in [0.2, 0.25) is 0 Å². The lowest BCUT2D eigenvalue weighted by atomic mass is 10.4. The number of thiophene rings is 1. The van der Waals surface area contributed by atoms with Gasteiger partial charge < -0.3 is 0 Å².